The first-order chi connectivity index (χ1) is 8.36. The van der Waals surface area contributed by atoms with Crippen LogP contribution in [0.4, 0.5) is 0 Å². The highest BCUT2D eigenvalue weighted by molar-refractivity contribution is 7.91. The van der Waals surface area contributed by atoms with Gasteiger partial charge in [-0.2, -0.15) is 5.26 Å². The molecule has 0 saturated heterocycles. The highest BCUT2D eigenvalue weighted by Gasteiger charge is 2.71. The van der Waals surface area contributed by atoms with Crippen LogP contribution in [-0.2, 0) is 14.6 Å². The molecule has 1 aliphatic rings. The Bertz CT molecular complexity index is 650. The van der Waals surface area contributed by atoms with E-state index < -0.39 is 26.4 Å². The van der Waals surface area contributed by atoms with Gasteiger partial charge in [0.25, 0.3) is 0 Å². The Morgan fingerprint density at radius 2 is 2.17 bits per heavy atom. The van der Waals surface area contributed by atoms with Crippen molar-refractivity contribution < 1.29 is 13.2 Å². The van der Waals surface area contributed by atoms with Crippen molar-refractivity contribution in [3.05, 3.63) is 34.9 Å². The zero-order valence-corrected chi connectivity index (χ0v) is 11.1. The maximum atomic E-state index is 11.7. The fourth-order valence-electron chi connectivity index (χ4n) is 2.43. The number of hydrogen-bond donors (Lipinski definition) is 0. The van der Waals surface area contributed by atoms with Crippen LogP contribution in [-0.4, -0.2) is 26.2 Å². The SMILES string of the molecule is CS(=O)(=O)[C@@H]1[C@@H](c2cccc(Cl)c2)[C@@]1(C#N)C=O. The Morgan fingerprint density at radius 3 is 2.56 bits per heavy atom. The summed E-state index contributed by atoms with van der Waals surface area (Å²) in [5.74, 6) is -0.631. The van der Waals surface area contributed by atoms with Crippen molar-refractivity contribution in [3.8, 4) is 6.07 Å². The summed E-state index contributed by atoms with van der Waals surface area (Å²) in [6, 6.07) is 8.42. The molecule has 0 aliphatic heterocycles. The number of sulfone groups is 1. The number of halogens is 1. The molecule has 0 amide bonds. The Labute approximate surface area is 110 Å². The third-order valence-electron chi connectivity index (χ3n) is 3.24. The second kappa shape index (κ2) is 4.08. The van der Waals surface area contributed by atoms with Gasteiger partial charge in [-0.25, -0.2) is 8.42 Å². The third kappa shape index (κ3) is 1.82. The fraction of sp³-hybridized carbons (Fsp3) is 0.333. The van der Waals surface area contributed by atoms with Crippen LogP contribution in [0.1, 0.15) is 11.5 Å². The van der Waals surface area contributed by atoms with E-state index in [1.165, 1.54) is 0 Å². The van der Waals surface area contributed by atoms with Crippen molar-refractivity contribution in [2.75, 3.05) is 6.26 Å². The third-order valence-corrected chi connectivity index (χ3v) is 5.06. The van der Waals surface area contributed by atoms with Crippen LogP contribution >= 0.6 is 11.6 Å². The minimum atomic E-state index is -3.47. The van der Waals surface area contributed by atoms with Gasteiger partial charge < -0.3 is 4.79 Å². The van der Waals surface area contributed by atoms with Gasteiger partial charge in [0.2, 0.25) is 0 Å². The number of nitriles is 1. The highest BCUT2D eigenvalue weighted by atomic mass is 35.5. The van der Waals surface area contributed by atoms with Crippen molar-refractivity contribution in [2.45, 2.75) is 11.2 Å². The lowest BCUT2D eigenvalue weighted by atomic mass is 10.0. The summed E-state index contributed by atoms with van der Waals surface area (Å²) in [5.41, 5.74) is -0.871. The van der Waals surface area contributed by atoms with Crippen molar-refractivity contribution in [1.29, 1.82) is 5.26 Å². The molecule has 0 spiro atoms. The second-order valence-electron chi connectivity index (χ2n) is 4.45. The van der Waals surface area contributed by atoms with Gasteiger partial charge in [0, 0.05) is 17.2 Å². The van der Waals surface area contributed by atoms with E-state index >= 15 is 0 Å². The molecule has 2 rings (SSSR count). The lowest BCUT2D eigenvalue weighted by molar-refractivity contribution is -0.110. The van der Waals surface area contributed by atoms with E-state index in [2.05, 4.69) is 0 Å². The number of benzene rings is 1. The van der Waals surface area contributed by atoms with Gasteiger partial charge >= 0.3 is 0 Å². The molecule has 0 unspecified atom stereocenters. The molecule has 1 fully saturated rings. The molecular weight excluding hydrogens is 274 g/mol. The number of carbonyl (C=O) groups is 1. The number of rotatable bonds is 3. The van der Waals surface area contributed by atoms with E-state index in [-0.39, 0.29) is 0 Å². The topological polar surface area (TPSA) is 75.0 Å². The molecule has 18 heavy (non-hydrogen) atoms. The molecule has 0 aromatic heterocycles. The summed E-state index contributed by atoms with van der Waals surface area (Å²) in [5, 5.41) is 8.58. The Hall–Kier alpha value is -1.38. The van der Waals surface area contributed by atoms with Crippen LogP contribution in [0.3, 0.4) is 0 Å². The number of aldehydes is 1. The molecule has 1 saturated carbocycles. The predicted molar refractivity (Wildman–Crippen MR) is 66.9 cm³/mol. The van der Waals surface area contributed by atoms with Gasteiger partial charge in [-0.1, -0.05) is 23.7 Å². The van der Waals surface area contributed by atoms with Gasteiger partial charge in [-0.3, -0.25) is 0 Å². The zero-order chi connectivity index (χ0) is 13.6. The molecule has 0 heterocycles. The maximum Gasteiger partial charge on any atom is 0.153 e. The molecule has 4 nitrogen and oxygen atoms in total. The first-order valence-corrected chi connectivity index (χ1v) is 7.52. The largest absolute Gasteiger partial charge is 0.302 e. The second-order valence-corrected chi connectivity index (χ2v) is 7.05. The van der Waals surface area contributed by atoms with Crippen LogP contribution in [0.15, 0.2) is 24.3 Å². The lowest BCUT2D eigenvalue weighted by Crippen LogP contribution is -2.14. The van der Waals surface area contributed by atoms with Gasteiger partial charge in [0.1, 0.15) is 11.7 Å². The summed E-state index contributed by atoms with van der Waals surface area (Å²) in [6.45, 7) is 0. The monoisotopic (exact) mass is 283 g/mol. The summed E-state index contributed by atoms with van der Waals surface area (Å²) >= 11 is 5.84. The van der Waals surface area contributed by atoms with Gasteiger partial charge in [-0.05, 0) is 17.7 Å². The average molecular weight is 284 g/mol. The summed E-state index contributed by atoms with van der Waals surface area (Å²) in [6.07, 6.45) is 1.47. The molecule has 6 heteroatoms. The van der Waals surface area contributed by atoms with Crippen molar-refractivity contribution in [2.24, 2.45) is 5.41 Å². The number of hydrogen-bond acceptors (Lipinski definition) is 4. The van der Waals surface area contributed by atoms with Crippen LogP contribution in [0.5, 0.6) is 0 Å². The predicted octanol–water partition coefficient (Wildman–Crippen LogP) is 1.56. The number of nitrogens with zero attached hydrogens (tertiary/aromatic N) is 1. The van der Waals surface area contributed by atoms with E-state index in [1.54, 1.807) is 24.3 Å². The fourth-order valence-corrected chi connectivity index (χ4v) is 4.39. The molecule has 94 valence electrons. The summed E-state index contributed by atoms with van der Waals surface area (Å²) < 4.78 is 23.3. The maximum absolute atomic E-state index is 11.7. The van der Waals surface area contributed by atoms with E-state index in [0.717, 1.165) is 6.26 Å². The Morgan fingerprint density at radius 1 is 1.50 bits per heavy atom. The molecule has 0 N–H and O–H groups in total. The highest BCUT2D eigenvalue weighted by Crippen LogP contribution is 2.61. The molecule has 0 radical (unpaired) electrons. The van der Waals surface area contributed by atoms with Crippen LogP contribution in [0.2, 0.25) is 5.02 Å². The van der Waals surface area contributed by atoms with Crippen LogP contribution < -0.4 is 0 Å². The minimum Gasteiger partial charge on any atom is -0.302 e. The first-order valence-electron chi connectivity index (χ1n) is 5.18. The quantitative estimate of drug-likeness (QED) is 0.789. The van der Waals surface area contributed by atoms with E-state index in [9.17, 15) is 13.2 Å². The Balaban J connectivity index is 2.52. The van der Waals surface area contributed by atoms with Crippen molar-refractivity contribution >= 4 is 27.7 Å². The molecular formula is C12H10ClNO3S. The lowest BCUT2D eigenvalue weighted by Gasteiger charge is -2.00. The average Bonchev–Trinajstić information content (AvgIpc) is 2.98. The zero-order valence-electron chi connectivity index (χ0n) is 9.50. The first kappa shape index (κ1) is 13.1. The minimum absolute atomic E-state index is 0.435. The van der Waals surface area contributed by atoms with Gasteiger partial charge in [-0.15, -0.1) is 0 Å². The number of carbonyl (C=O) groups excluding carboxylic acids is 1. The standard InChI is InChI=1S/C12H10ClNO3S/c1-18(16,17)11-10(12(11,6-14)7-15)8-3-2-4-9(13)5-8/h2-5,7,10-11H,1H3/t10-,11-,12-/m1/s1. The molecule has 1 aliphatic carbocycles. The summed E-state index contributed by atoms with van der Waals surface area (Å²) in [7, 11) is -3.47. The van der Waals surface area contributed by atoms with Gasteiger partial charge in [0.15, 0.2) is 9.84 Å². The van der Waals surface area contributed by atoms with Crippen molar-refractivity contribution in [3.63, 3.8) is 0 Å². The molecule has 0 bridgehead atoms. The van der Waals surface area contributed by atoms with E-state index in [1.807, 2.05) is 6.07 Å². The molecule has 1 aromatic carbocycles. The van der Waals surface area contributed by atoms with Gasteiger partial charge in [0.05, 0.1) is 11.3 Å². The molecule has 3 atom stereocenters. The normalized spacial score (nSPS) is 30.5. The summed E-state index contributed by atoms with van der Waals surface area (Å²) in [4.78, 5) is 11.1. The molecule has 1 aromatic rings. The van der Waals surface area contributed by atoms with Crippen molar-refractivity contribution in [1.82, 2.24) is 0 Å². The van der Waals surface area contributed by atoms with Crippen LogP contribution in [0.25, 0.3) is 0 Å². The Kier molecular flexibility index (Phi) is 2.96. The van der Waals surface area contributed by atoms with E-state index in [4.69, 9.17) is 16.9 Å². The van der Waals surface area contributed by atoms with E-state index in [0.29, 0.717) is 16.9 Å². The van der Waals surface area contributed by atoms with Crippen LogP contribution in [0, 0.1) is 16.7 Å². The smallest absolute Gasteiger partial charge is 0.153 e.